The SMILES string of the molecule is CCC(C)C(NC(=O)C(N)Cc1ccc(O)cc1)C(=O)NC(Cc1cnc[nH]1)C(=O)NC(CCC(=O)O)C(=O)O. The van der Waals surface area contributed by atoms with Gasteiger partial charge < -0.3 is 42.0 Å². The molecule has 0 aliphatic rings. The van der Waals surface area contributed by atoms with Gasteiger partial charge in [-0.2, -0.15) is 0 Å². The van der Waals surface area contributed by atoms with Crippen molar-refractivity contribution in [2.45, 2.75) is 70.1 Å². The third-order valence-electron chi connectivity index (χ3n) is 6.40. The number of amides is 3. The number of benzene rings is 1. The van der Waals surface area contributed by atoms with Gasteiger partial charge in [0.1, 0.15) is 23.9 Å². The van der Waals surface area contributed by atoms with Crippen molar-refractivity contribution in [3.63, 3.8) is 0 Å². The highest BCUT2D eigenvalue weighted by Gasteiger charge is 2.33. The first kappa shape index (κ1) is 31.8. The fraction of sp³-hybridized carbons (Fsp3) is 0.462. The number of hydrogen-bond donors (Lipinski definition) is 8. The van der Waals surface area contributed by atoms with Crippen molar-refractivity contribution in [3.8, 4) is 5.75 Å². The number of phenols is 1. The first-order chi connectivity index (χ1) is 18.9. The number of carbonyl (C=O) groups excluding carboxylic acids is 3. The number of nitrogens with one attached hydrogen (secondary N) is 4. The minimum Gasteiger partial charge on any atom is -0.508 e. The minimum atomic E-state index is -1.49. The molecule has 2 aromatic rings. The highest BCUT2D eigenvalue weighted by molar-refractivity contribution is 5.94. The molecule has 0 saturated carbocycles. The van der Waals surface area contributed by atoms with Crippen LogP contribution in [0, 0.1) is 5.92 Å². The Kier molecular flexibility index (Phi) is 12.1. The molecule has 218 valence electrons. The summed E-state index contributed by atoms with van der Waals surface area (Å²) in [6.07, 6.45) is 2.54. The molecule has 3 amide bonds. The Bertz CT molecular complexity index is 1150. The lowest BCUT2D eigenvalue weighted by molar-refractivity contribution is -0.143. The number of carbonyl (C=O) groups is 5. The van der Waals surface area contributed by atoms with Crippen LogP contribution in [0.3, 0.4) is 0 Å². The molecule has 0 spiro atoms. The van der Waals surface area contributed by atoms with Crippen molar-refractivity contribution in [1.82, 2.24) is 25.9 Å². The summed E-state index contributed by atoms with van der Waals surface area (Å²) < 4.78 is 0. The molecule has 0 aliphatic carbocycles. The standard InChI is InChI=1S/C26H36N6O8/c1-3-14(2)22(32-23(36)18(27)10-15-4-6-17(33)7-5-15)25(38)31-20(11-16-12-28-13-29-16)24(37)30-19(26(39)40)8-9-21(34)35/h4-7,12-14,18-20,22,33H,3,8-11,27H2,1-2H3,(H,28,29)(H,30,37)(H,31,38)(H,32,36)(H,34,35)(H,39,40). The van der Waals surface area contributed by atoms with Crippen molar-refractivity contribution < 1.29 is 39.3 Å². The lowest BCUT2D eigenvalue weighted by atomic mass is 9.96. The molecular weight excluding hydrogens is 524 g/mol. The summed E-state index contributed by atoms with van der Waals surface area (Å²) in [5, 5.41) is 35.3. The van der Waals surface area contributed by atoms with Gasteiger partial charge in [0, 0.05) is 24.7 Å². The number of nitrogens with two attached hydrogens (primary N) is 1. The molecular formula is C26H36N6O8. The zero-order chi connectivity index (χ0) is 29.8. The number of aromatic amines is 1. The maximum absolute atomic E-state index is 13.4. The molecule has 1 aromatic carbocycles. The number of nitrogens with zero attached hydrogens (tertiary/aromatic N) is 1. The van der Waals surface area contributed by atoms with E-state index in [1.165, 1.54) is 24.7 Å². The zero-order valence-electron chi connectivity index (χ0n) is 22.3. The van der Waals surface area contributed by atoms with E-state index < -0.39 is 60.2 Å². The van der Waals surface area contributed by atoms with Crippen LogP contribution in [0.5, 0.6) is 5.75 Å². The molecule has 0 fully saturated rings. The van der Waals surface area contributed by atoms with Gasteiger partial charge in [0.2, 0.25) is 17.7 Å². The largest absolute Gasteiger partial charge is 0.508 e. The average Bonchev–Trinajstić information content (AvgIpc) is 3.42. The van der Waals surface area contributed by atoms with Crippen LogP contribution in [0.4, 0.5) is 0 Å². The van der Waals surface area contributed by atoms with Crippen molar-refractivity contribution in [2.75, 3.05) is 0 Å². The second kappa shape index (κ2) is 15.2. The van der Waals surface area contributed by atoms with Crippen LogP contribution < -0.4 is 21.7 Å². The first-order valence-corrected chi connectivity index (χ1v) is 12.8. The summed E-state index contributed by atoms with van der Waals surface area (Å²) in [7, 11) is 0. The maximum Gasteiger partial charge on any atom is 0.326 e. The molecule has 0 radical (unpaired) electrons. The fourth-order valence-electron chi connectivity index (χ4n) is 3.83. The van der Waals surface area contributed by atoms with E-state index in [9.17, 15) is 34.2 Å². The van der Waals surface area contributed by atoms with E-state index in [1.54, 1.807) is 19.1 Å². The number of hydrogen-bond acceptors (Lipinski definition) is 8. The third-order valence-corrected chi connectivity index (χ3v) is 6.40. The van der Waals surface area contributed by atoms with E-state index in [4.69, 9.17) is 10.8 Å². The molecule has 0 saturated heterocycles. The van der Waals surface area contributed by atoms with Crippen LogP contribution in [-0.2, 0) is 36.8 Å². The number of imidazole rings is 1. The van der Waals surface area contributed by atoms with Gasteiger partial charge in [-0.15, -0.1) is 0 Å². The van der Waals surface area contributed by atoms with Gasteiger partial charge in [0.05, 0.1) is 12.4 Å². The van der Waals surface area contributed by atoms with Gasteiger partial charge in [-0.1, -0.05) is 32.4 Å². The fourth-order valence-corrected chi connectivity index (χ4v) is 3.83. The predicted octanol–water partition coefficient (Wildman–Crippen LogP) is -0.322. The molecule has 14 nitrogen and oxygen atoms in total. The van der Waals surface area contributed by atoms with Gasteiger partial charge in [0.25, 0.3) is 0 Å². The molecule has 9 N–H and O–H groups in total. The topological polar surface area (TPSA) is 237 Å². The number of carboxylic acids is 2. The van der Waals surface area contributed by atoms with E-state index in [0.717, 1.165) is 0 Å². The Balaban J connectivity index is 2.18. The van der Waals surface area contributed by atoms with Gasteiger partial charge in [-0.25, -0.2) is 9.78 Å². The summed E-state index contributed by atoms with van der Waals surface area (Å²) in [5.74, 6) is -5.06. The van der Waals surface area contributed by atoms with Crippen molar-refractivity contribution >= 4 is 29.7 Å². The summed E-state index contributed by atoms with van der Waals surface area (Å²) in [6.45, 7) is 3.56. The summed E-state index contributed by atoms with van der Waals surface area (Å²) in [4.78, 5) is 68.6. The molecule has 5 unspecified atom stereocenters. The van der Waals surface area contributed by atoms with Crippen LogP contribution in [0.2, 0.25) is 0 Å². The summed E-state index contributed by atoms with van der Waals surface area (Å²) in [5.41, 5.74) is 7.25. The minimum absolute atomic E-state index is 0.0700. The second-order valence-electron chi connectivity index (χ2n) is 9.52. The van der Waals surface area contributed by atoms with Crippen molar-refractivity contribution in [1.29, 1.82) is 0 Å². The van der Waals surface area contributed by atoms with Crippen LogP contribution in [-0.4, -0.2) is 79.1 Å². The Hall–Kier alpha value is -4.46. The predicted molar refractivity (Wildman–Crippen MR) is 142 cm³/mol. The van der Waals surface area contributed by atoms with E-state index in [1.807, 2.05) is 6.92 Å². The van der Waals surface area contributed by atoms with Crippen LogP contribution in [0.1, 0.15) is 44.4 Å². The normalized spacial score (nSPS) is 14.7. The highest BCUT2D eigenvalue weighted by atomic mass is 16.4. The molecule has 2 rings (SSSR count). The lowest BCUT2D eigenvalue weighted by Crippen LogP contribution is -2.59. The average molecular weight is 561 g/mol. The van der Waals surface area contributed by atoms with Crippen molar-refractivity contribution in [2.24, 2.45) is 11.7 Å². The Morgan fingerprint density at radius 1 is 0.950 bits per heavy atom. The summed E-state index contributed by atoms with van der Waals surface area (Å²) in [6, 6.07) is 1.36. The molecule has 1 aromatic heterocycles. The van der Waals surface area contributed by atoms with E-state index in [-0.39, 0.29) is 30.9 Å². The quantitative estimate of drug-likeness (QED) is 0.133. The number of aromatic hydroxyl groups is 1. The van der Waals surface area contributed by atoms with E-state index in [2.05, 4.69) is 25.9 Å². The van der Waals surface area contributed by atoms with Gasteiger partial charge in [0.15, 0.2) is 0 Å². The van der Waals surface area contributed by atoms with Gasteiger partial charge in [-0.3, -0.25) is 19.2 Å². The number of aromatic nitrogens is 2. The third kappa shape index (κ3) is 10.0. The smallest absolute Gasteiger partial charge is 0.326 e. The Morgan fingerprint density at radius 3 is 2.15 bits per heavy atom. The van der Waals surface area contributed by atoms with Crippen LogP contribution >= 0.6 is 0 Å². The monoisotopic (exact) mass is 560 g/mol. The summed E-state index contributed by atoms with van der Waals surface area (Å²) >= 11 is 0. The van der Waals surface area contributed by atoms with Gasteiger partial charge in [-0.05, 0) is 36.5 Å². The maximum atomic E-state index is 13.4. The van der Waals surface area contributed by atoms with Crippen molar-refractivity contribution in [3.05, 3.63) is 48.0 Å². The number of carboxylic acid groups (broad SMARTS) is 2. The molecule has 14 heteroatoms. The Morgan fingerprint density at radius 2 is 1.60 bits per heavy atom. The molecule has 0 aliphatic heterocycles. The first-order valence-electron chi connectivity index (χ1n) is 12.8. The van der Waals surface area contributed by atoms with Crippen LogP contribution in [0.25, 0.3) is 0 Å². The number of H-pyrrole nitrogens is 1. The number of aliphatic carboxylic acids is 2. The molecule has 40 heavy (non-hydrogen) atoms. The van der Waals surface area contributed by atoms with E-state index >= 15 is 0 Å². The number of phenolic OH excluding ortho intramolecular Hbond substituents is 1. The Labute approximate surface area is 230 Å². The lowest BCUT2D eigenvalue weighted by Gasteiger charge is -2.28. The zero-order valence-corrected chi connectivity index (χ0v) is 22.3. The second-order valence-corrected chi connectivity index (χ2v) is 9.52. The van der Waals surface area contributed by atoms with Gasteiger partial charge >= 0.3 is 11.9 Å². The van der Waals surface area contributed by atoms with Crippen LogP contribution in [0.15, 0.2) is 36.8 Å². The number of rotatable bonds is 16. The molecule has 0 bridgehead atoms. The molecule has 5 atom stereocenters. The molecule has 1 heterocycles. The van der Waals surface area contributed by atoms with E-state index in [0.29, 0.717) is 17.7 Å². The highest BCUT2D eigenvalue weighted by Crippen LogP contribution is 2.13.